The van der Waals surface area contributed by atoms with Crippen LogP contribution < -0.4 is 0 Å². The summed E-state index contributed by atoms with van der Waals surface area (Å²) >= 11 is 1.92. The van der Waals surface area contributed by atoms with Gasteiger partial charge >= 0.3 is 11.5 Å². The van der Waals surface area contributed by atoms with E-state index >= 15 is 0 Å². The van der Waals surface area contributed by atoms with Crippen molar-refractivity contribution in [3.05, 3.63) is 0 Å². The number of ether oxygens (including phenoxy) is 2. The molecule has 0 aliphatic heterocycles. The highest BCUT2D eigenvalue weighted by molar-refractivity contribution is 7.99. The molecule has 0 spiro atoms. The van der Waals surface area contributed by atoms with Gasteiger partial charge in [-0.25, -0.2) is 9.68 Å². The van der Waals surface area contributed by atoms with E-state index in [2.05, 4.69) is 13.8 Å². The van der Waals surface area contributed by atoms with E-state index in [1.165, 1.54) is 103 Å². The van der Waals surface area contributed by atoms with Gasteiger partial charge in [0.15, 0.2) is 0 Å². The van der Waals surface area contributed by atoms with Crippen LogP contribution in [0, 0.1) is 0 Å². The Balaban J connectivity index is 4.64. The molecule has 0 aromatic rings. The molecular formula is C29H57O6PS. The maximum Gasteiger partial charge on any atom is 0.382 e. The van der Waals surface area contributed by atoms with Gasteiger partial charge in [0, 0.05) is 5.25 Å². The number of unbranched alkanes of at least 4 members (excludes halogenated alkanes) is 14. The predicted octanol–water partition coefficient (Wildman–Crippen LogP) is 9.64. The van der Waals surface area contributed by atoms with Crippen molar-refractivity contribution in [2.45, 2.75) is 160 Å². The summed E-state index contributed by atoms with van der Waals surface area (Å²) < 4.78 is 22.1. The van der Waals surface area contributed by atoms with Gasteiger partial charge in [0.2, 0.25) is 8.46 Å². The fourth-order valence-corrected chi connectivity index (χ4v) is 5.88. The van der Waals surface area contributed by atoms with Crippen LogP contribution in [0.1, 0.15) is 143 Å². The minimum Gasteiger partial charge on any atom is -0.464 e. The lowest BCUT2D eigenvalue weighted by Crippen LogP contribution is -2.42. The van der Waals surface area contributed by atoms with Crippen LogP contribution in [0.4, 0.5) is 0 Å². The summed E-state index contributed by atoms with van der Waals surface area (Å²) in [6.45, 7) is 8.56. The quantitative estimate of drug-likeness (QED) is 0.0234. The molecule has 0 aromatic carbocycles. The third-order valence-corrected chi connectivity index (χ3v) is 8.77. The zero-order chi connectivity index (χ0) is 27.6. The number of methoxy groups -OCH3 is 1. The second-order valence-corrected chi connectivity index (χ2v) is 12.2. The first-order valence-electron chi connectivity index (χ1n) is 15.0. The normalized spacial score (nSPS) is 14.9. The first-order valence-corrected chi connectivity index (χ1v) is 16.9. The second-order valence-electron chi connectivity index (χ2n) is 10.0. The molecule has 0 radical (unpaired) electrons. The Kier molecular flexibility index (Phi) is 25.9. The number of thioether (sulfide) groups is 1. The van der Waals surface area contributed by atoms with E-state index in [4.69, 9.17) is 19.2 Å². The van der Waals surface area contributed by atoms with E-state index < -0.39 is 20.0 Å². The minimum absolute atomic E-state index is 0.205. The molecule has 0 N–H and O–H groups in total. The third-order valence-electron chi connectivity index (χ3n) is 6.57. The Bertz CT molecular complexity index is 539. The Hall–Kier alpha value is -0.200. The van der Waals surface area contributed by atoms with Crippen molar-refractivity contribution in [1.29, 1.82) is 0 Å². The van der Waals surface area contributed by atoms with Crippen molar-refractivity contribution in [3.8, 4) is 0 Å². The molecule has 6 nitrogen and oxygen atoms in total. The number of hydrogen-bond acceptors (Lipinski definition) is 7. The molecule has 0 heterocycles. The Labute approximate surface area is 234 Å². The average molecular weight is 565 g/mol. The number of hydrogen-bond donors (Lipinski definition) is 0. The molecule has 0 aliphatic rings. The Morgan fingerprint density at radius 1 is 0.784 bits per heavy atom. The van der Waals surface area contributed by atoms with E-state index in [1.54, 1.807) is 0 Å². The molecule has 3 unspecified atom stereocenters. The fraction of sp³-hybridized carbons (Fsp3) is 0.966. The van der Waals surface area contributed by atoms with Crippen molar-refractivity contribution < 1.29 is 28.6 Å². The summed E-state index contributed by atoms with van der Waals surface area (Å²) in [6, 6.07) is 0. The molecular weight excluding hydrogens is 507 g/mol. The molecule has 37 heavy (non-hydrogen) atoms. The second kappa shape index (κ2) is 26.0. The lowest BCUT2D eigenvalue weighted by Gasteiger charge is -2.28. The van der Waals surface area contributed by atoms with Crippen molar-refractivity contribution in [1.82, 2.24) is 0 Å². The predicted molar refractivity (Wildman–Crippen MR) is 156 cm³/mol. The van der Waals surface area contributed by atoms with Crippen molar-refractivity contribution in [2.75, 3.05) is 19.5 Å². The lowest BCUT2D eigenvalue weighted by atomic mass is 10.1. The zero-order valence-corrected chi connectivity index (χ0v) is 26.3. The Morgan fingerprint density at radius 2 is 1.30 bits per heavy atom. The summed E-state index contributed by atoms with van der Waals surface area (Å²) in [5.74, 6) is 0.217. The number of carbonyl (C=O) groups is 1. The Morgan fingerprint density at radius 3 is 1.78 bits per heavy atom. The van der Waals surface area contributed by atoms with Gasteiger partial charge in [-0.15, -0.1) is 0 Å². The zero-order valence-electron chi connectivity index (χ0n) is 24.6. The van der Waals surface area contributed by atoms with Gasteiger partial charge in [0.25, 0.3) is 0 Å². The maximum atomic E-state index is 12.3. The number of esters is 1. The number of carbonyl (C=O) groups excluding carboxylic acids is 1. The smallest absolute Gasteiger partial charge is 0.382 e. The highest BCUT2D eigenvalue weighted by Crippen LogP contribution is 2.32. The first kappa shape index (κ1) is 36.8. The summed E-state index contributed by atoms with van der Waals surface area (Å²) in [5.41, 5.74) is -2.08. The van der Waals surface area contributed by atoms with Crippen LogP contribution in [-0.4, -0.2) is 42.3 Å². The molecule has 0 aromatic heterocycles. The highest BCUT2D eigenvalue weighted by Gasteiger charge is 2.47. The largest absolute Gasteiger partial charge is 0.464 e. The molecule has 3 atom stereocenters. The molecule has 0 amide bonds. The van der Waals surface area contributed by atoms with E-state index in [0.717, 1.165) is 18.6 Å². The van der Waals surface area contributed by atoms with Crippen LogP contribution in [0.5, 0.6) is 0 Å². The van der Waals surface area contributed by atoms with E-state index in [9.17, 15) is 9.36 Å². The van der Waals surface area contributed by atoms with Crippen LogP contribution in [-0.2, 0) is 28.6 Å². The van der Waals surface area contributed by atoms with Crippen LogP contribution >= 0.6 is 20.2 Å². The molecule has 0 fully saturated rings. The topological polar surface area (TPSA) is 71.1 Å². The summed E-state index contributed by atoms with van der Waals surface area (Å²) in [4.78, 5) is 23.4. The van der Waals surface area contributed by atoms with Crippen molar-refractivity contribution in [3.63, 3.8) is 0 Å². The van der Waals surface area contributed by atoms with Gasteiger partial charge < -0.3 is 9.47 Å². The van der Waals surface area contributed by atoms with Crippen LogP contribution in [0.25, 0.3) is 0 Å². The van der Waals surface area contributed by atoms with E-state index in [1.807, 2.05) is 25.6 Å². The summed E-state index contributed by atoms with van der Waals surface area (Å²) in [7, 11) is 0.575. The van der Waals surface area contributed by atoms with Gasteiger partial charge in [-0.2, -0.15) is 16.6 Å². The maximum absolute atomic E-state index is 12.3. The van der Waals surface area contributed by atoms with Gasteiger partial charge in [0.05, 0.1) is 13.7 Å². The highest BCUT2D eigenvalue weighted by atomic mass is 32.2. The summed E-state index contributed by atoms with van der Waals surface area (Å²) in [6.07, 6.45) is 22.2. The molecule has 220 valence electrons. The minimum atomic E-state index is -2.08. The fourth-order valence-electron chi connectivity index (χ4n) is 4.17. The van der Waals surface area contributed by atoms with E-state index in [0.29, 0.717) is 6.42 Å². The third kappa shape index (κ3) is 18.7. The van der Waals surface area contributed by atoms with E-state index in [-0.39, 0.29) is 18.0 Å². The molecule has 0 bridgehead atoms. The van der Waals surface area contributed by atoms with Gasteiger partial charge in [0.1, 0.15) is 6.10 Å². The van der Waals surface area contributed by atoms with Crippen molar-refractivity contribution in [2.24, 2.45) is 0 Å². The molecule has 0 saturated carbocycles. The molecule has 8 heteroatoms. The summed E-state index contributed by atoms with van der Waals surface area (Å²) in [5, 5.41) is 0.231. The van der Waals surface area contributed by atoms with Crippen molar-refractivity contribution >= 4 is 26.2 Å². The lowest BCUT2D eigenvalue weighted by molar-refractivity contribution is -0.402. The van der Waals surface area contributed by atoms with Gasteiger partial charge in [-0.1, -0.05) is 117 Å². The molecule has 0 rings (SSSR count). The van der Waals surface area contributed by atoms with Crippen LogP contribution in [0.15, 0.2) is 0 Å². The monoisotopic (exact) mass is 564 g/mol. The molecule has 0 aliphatic carbocycles. The van der Waals surface area contributed by atoms with Gasteiger partial charge in [-0.05, 0) is 31.9 Å². The van der Waals surface area contributed by atoms with Gasteiger partial charge in [-0.3, -0.25) is 4.57 Å². The first-order chi connectivity index (χ1) is 18.0. The van der Waals surface area contributed by atoms with Crippen LogP contribution in [0.3, 0.4) is 0 Å². The SMILES string of the molecule is CCCCCCCCCCCCSC(CCCCCCCC)C(C)OOC(OCCC)(P=O)C(=O)OC. The van der Waals surface area contributed by atoms with Crippen LogP contribution in [0.2, 0.25) is 0 Å². The average Bonchev–Trinajstić information content (AvgIpc) is 2.92. The number of rotatable bonds is 28. The standard InChI is InChI=1S/C29H57O6PS/c1-6-9-11-13-15-16-17-18-20-22-25-37-27(23-21-19-14-12-10-7-2)26(4)34-35-29(36-31,28(30)32-5)33-24-8-3/h26-27H,6-25H2,1-5H3. The molecule has 0 saturated heterocycles.